The SMILES string of the molecule is Cc1cccc(N2C(=O)C(=O)/C(=C(/O)c3ccc(C)c(C)c3)C2c2ccccc2F)c1. The molecule has 1 atom stereocenters. The molecule has 0 spiro atoms. The lowest BCUT2D eigenvalue weighted by atomic mass is 9.94. The highest BCUT2D eigenvalue weighted by Crippen LogP contribution is 2.43. The molecular weight excluding hydrogens is 393 g/mol. The third kappa shape index (κ3) is 3.52. The Morgan fingerprint density at radius 1 is 0.903 bits per heavy atom. The number of Topliss-reactive ketones (excluding diaryl/α,β-unsaturated/α-hetero) is 1. The fourth-order valence-corrected chi connectivity index (χ4v) is 3.91. The fraction of sp³-hybridized carbons (Fsp3) is 0.154. The van der Waals surface area contributed by atoms with Gasteiger partial charge in [0.05, 0.1) is 11.6 Å². The van der Waals surface area contributed by atoms with Crippen molar-refractivity contribution in [1.82, 2.24) is 0 Å². The van der Waals surface area contributed by atoms with Crippen molar-refractivity contribution >= 4 is 23.1 Å². The van der Waals surface area contributed by atoms with Crippen molar-refractivity contribution in [3.05, 3.63) is 106 Å². The molecule has 1 aliphatic heterocycles. The number of nitrogens with zero attached hydrogens (tertiary/aromatic N) is 1. The zero-order valence-electron chi connectivity index (χ0n) is 17.5. The van der Waals surface area contributed by atoms with Crippen LogP contribution in [0.25, 0.3) is 5.76 Å². The van der Waals surface area contributed by atoms with Gasteiger partial charge in [0.25, 0.3) is 11.7 Å². The minimum absolute atomic E-state index is 0.125. The number of benzene rings is 3. The van der Waals surface area contributed by atoms with Gasteiger partial charge in [0.1, 0.15) is 11.6 Å². The molecule has 31 heavy (non-hydrogen) atoms. The number of hydrogen-bond acceptors (Lipinski definition) is 3. The van der Waals surface area contributed by atoms with E-state index in [0.29, 0.717) is 11.3 Å². The van der Waals surface area contributed by atoms with E-state index >= 15 is 0 Å². The van der Waals surface area contributed by atoms with Crippen molar-refractivity contribution in [2.24, 2.45) is 0 Å². The van der Waals surface area contributed by atoms with E-state index in [1.807, 2.05) is 32.9 Å². The highest BCUT2D eigenvalue weighted by Gasteiger charge is 2.47. The molecule has 1 aliphatic rings. The van der Waals surface area contributed by atoms with Crippen molar-refractivity contribution in [3.63, 3.8) is 0 Å². The predicted octanol–water partition coefficient (Wildman–Crippen LogP) is 5.38. The van der Waals surface area contributed by atoms with E-state index in [0.717, 1.165) is 16.7 Å². The van der Waals surface area contributed by atoms with Crippen molar-refractivity contribution < 1.29 is 19.1 Å². The Bertz CT molecular complexity index is 1240. The average molecular weight is 415 g/mol. The summed E-state index contributed by atoms with van der Waals surface area (Å²) in [7, 11) is 0. The van der Waals surface area contributed by atoms with Crippen LogP contribution < -0.4 is 4.90 Å². The van der Waals surface area contributed by atoms with E-state index in [1.54, 1.807) is 42.5 Å². The highest BCUT2D eigenvalue weighted by atomic mass is 19.1. The second-order valence-corrected chi connectivity index (χ2v) is 7.83. The van der Waals surface area contributed by atoms with Crippen molar-refractivity contribution in [3.8, 4) is 0 Å². The summed E-state index contributed by atoms with van der Waals surface area (Å²) in [6.07, 6.45) is 0. The van der Waals surface area contributed by atoms with E-state index in [2.05, 4.69) is 0 Å². The molecule has 4 nitrogen and oxygen atoms in total. The van der Waals surface area contributed by atoms with Gasteiger partial charge in [0.2, 0.25) is 0 Å². The molecule has 0 aliphatic carbocycles. The van der Waals surface area contributed by atoms with Crippen LogP contribution in [0.1, 0.15) is 33.9 Å². The molecular formula is C26H22FNO3. The molecule has 1 fully saturated rings. The number of aliphatic hydroxyl groups is 1. The molecule has 0 radical (unpaired) electrons. The number of rotatable bonds is 3. The summed E-state index contributed by atoms with van der Waals surface area (Å²) in [6, 6.07) is 17.3. The number of ketones is 1. The van der Waals surface area contributed by atoms with E-state index in [9.17, 15) is 19.1 Å². The van der Waals surface area contributed by atoms with E-state index in [4.69, 9.17) is 0 Å². The predicted molar refractivity (Wildman–Crippen MR) is 118 cm³/mol. The zero-order chi connectivity index (χ0) is 22.3. The number of anilines is 1. The number of halogens is 1. The number of aliphatic hydroxyl groups excluding tert-OH is 1. The normalized spacial score (nSPS) is 17.9. The topological polar surface area (TPSA) is 57.6 Å². The Kier molecular flexibility index (Phi) is 5.19. The number of carbonyl (C=O) groups is 2. The summed E-state index contributed by atoms with van der Waals surface area (Å²) < 4.78 is 14.9. The van der Waals surface area contributed by atoms with Gasteiger partial charge in [-0.2, -0.15) is 0 Å². The smallest absolute Gasteiger partial charge is 0.300 e. The molecule has 1 unspecified atom stereocenters. The molecule has 5 heteroatoms. The highest BCUT2D eigenvalue weighted by molar-refractivity contribution is 6.51. The summed E-state index contributed by atoms with van der Waals surface area (Å²) in [5.74, 6) is -2.52. The van der Waals surface area contributed by atoms with Crippen LogP contribution in [0.5, 0.6) is 0 Å². The molecule has 1 N–H and O–H groups in total. The van der Waals surface area contributed by atoms with E-state index in [-0.39, 0.29) is 16.9 Å². The second-order valence-electron chi connectivity index (χ2n) is 7.83. The fourth-order valence-electron chi connectivity index (χ4n) is 3.91. The largest absolute Gasteiger partial charge is 0.507 e. The second kappa shape index (κ2) is 7.84. The maximum Gasteiger partial charge on any atom is 0.300 e. The Labute approximate surface area is 180 Å². The molecule has 1 heterocycles. The monoisotopic (exact) mass is 415 g/mol. The Morgan fingerprint density at radius 2 is 1.65 bits per heavy atom. The van der Waals surface area contributed by atoms with Crippen LogP contribution in [0.4, 0.5) is 10.1 Å². The van der Waals surface area contributed by atoms with Crippen LogP contribution in [-0.4, -0.2) is 16.8 Å². The quantitative estimate of drug-likeness (QED) is 0.355. The van der Waals surface area contributed by atoms with Gasteiger partial charge in [0, 0.05) is 16.8 Å². The minimum Gasteiger partial charge on any atom is -0.507 e. The standard InChI is InChI=1S/C26H22FNO3/c1-15-7-6-8-19(13-15)28-23(20-9-4-5-10-21(20)27)22(25(30)26(28)31)24(29)18-12-11-16(2)17(3)14-18/h4-14,23,29H,1-3H3/b24-22+. The summed E-state index contributed by atoms with van der Waals surface area (Å²) in [5.41, 5.74) is 3.75. The Balaban J connectivity index is 1.99. The molecule has 0 bridgehead atoms. The van der Waals surface area contributed by atoms with Crippen LogP contribution >= 0.6 is 0 Å². The molecule has 4 rings (SSSR count). The Morgan fingerprint density at radius 3 is 2.32 bits per heavy atom. The summed E-state index contributed by atoms with van der Waals surface area (Å²) in [6.45, 7) is 5.70. The van der Waals surface area contributed by atoms with Crippen molar-refractivity contribution in [1.29, 1.82) is 0 Å². The van der Waals surface area contributed by atoms with Crippen LogP contribution in [0.2, 0.25) is 0 Å². The van der Waals surface area contributed by atoms with Gasteiger partial charge in [-0.3, -0.25) is 14.5 Å². The third-order valence-corrected chi connectivity index (χ3v) is 5.70. The summed E-state index contributed by atoms with van der Waals surface area (Å²) in [5, 5.41) is 11.1. The average Bonchev–Trinajstić information content (AvgIpc) is 3.00. The van der Waals surface area contributed by atoms with Gasteiger partial charge in [0.15, 0.2) is 0 Å². The molecule has 0 saturated carbocycles. The minimum atomic E-state index is -1.08. The first kappa shape index (κ1) is 20.5. The zero-order valence-corrected chi connectivity index (χ0v) is 17.5. The van der Waals surface area contributed by atoms with Gasteiger partial charge in [-0.15, -0.1) is 0 Å². The van der Waals surface area contributed by atoms with Gasteiger partial charge in [-0.25, -0.2) is 4.39 Å². The van der Waals surface area contributed by atoms with Crippen LogP contribution in [-0.2, 0) is 9.59 Å². The van der Waals surface area contributed by atoms with Gasteiger partial charge in [-0.1, -0.05) is 42.5 Å². The molecule has 0 aromatic heterocycles. The van der Waals surface area contributed by atoms with Crippen LogP contribution in [0, 0.1) is 26.6 Å². The lowest BCUT2D eigenvalue weighted by molar-refractivity contribution is -0.132. The number of aryl methyl sites for hydroxylation is 3. The molecule has 1 amide bonds. The van der Waals surface area contributed by atoms with Crippen molar-refractivity contribution in [2.45, 2.75) is 26.8 Å². The maximum atomic E-state index is 14.9. The third-order valence-electron chi connectivity index (χ3n) is 5.70. The van der Waals surface area contributed by atoms with Gasteiger partial charge >= 0.3 is 0 Å². The first-order valence-electron chi connectivity index (χ1n) is 9.99. The number of carbonyl (C=O) groups excluding carboxylic acids is 2. The first-order valence-corrected chi connectivity index (χ1v) is 9.99. The Hall–Kier alpha value is -3.73. The molecule has 3 aromatic carbocycles. The number of amides is 1. The molecule has 3 aromatic rings. The lowest BCUT2D eigenvalue weighted by Crippen LogP contribution is -2.29. The van der Waals surface area contributed by atoms with E-state index in [1.165, 1.54) is 17.0 Å². The lowest BCUT2D eigenvalue weighted by Gasteiger charge is -2.26. The van der Waals surface area contributed by atoms with Gasteiger partial charge < -0.3 is 5.11 Å². The summed E-state index contributed by atoms with van der Waals surface area (Å²) >= 11 is 0. The van der Waals surface area contributed by atoms with Crippen LogP contribution in [0.3, 0.4) is 0 Å². The van der Waals surface area contributed by atoms with E-state index < -0.39 is 23.5 Å². The molecule has 156 valence electrons. The maximum absolute atomic E-state index is 14.9. The van der Waals surface area contributed by atoms with Crippen LogP contribution in [0.15, 0.2) is 72.3 Å². The summed E-state index contributed by atoms with van der Waals surface area (Å²) in [4.78, 5) is 27.5. The first-order chi connectivity index (χ1) is 14.8. The number of hydrogen-bond donors (Lipinski definition) is 1. The van der Waals surface area contributed by atoms with Crippen molar-refractivity contribution in [2.75, 3.05) is 4.90 Å². The van der Waals surface area contributed by atoms with Gasteiger partial charge in [-0.05, 0) is 61.7 Å². The molecule has 1 saturated heterocycles.